The summed E-state index contributed by atoms with van der Waals surface area (Å²) in [6.07, 6.45) is 21.3. The Balaban J connectivity index is 3.10. The highest BCUT2D eigenvalue weighted by Gasteiger charge is 2.02. The zero-order valence-corrected chi connectivity index (χ0v) is 16.3. The topological polar surface area (TPSA) is 35.2 Å². The van der Waals surface area contributed by atoms with Crippen molar-refractivity contribution in [3.05, 3.63) is 0 Å². The van der Waals surface area contributed by atoms with Crippen molar-refractivity contribution in [1.82, 2.24) is 0 Å². The number of nitrogens with two attached hydrogens (primary N) is 1. The lowest BCUT2D eigenvalue weighted by atomic mass is 10.0. The second-order valence-electron chi connectivity index (χ2n) is 7.19. The van der Waals surface area contributed by atoms with E-state index in [1.807, 2.05) is 0 Å². The minimum Gasteiger partial charge on any atom is -0.381 e. The third-order valence-electron chi connectivity index (χ3n) is 4.70. The maximum atomic E-state index is 6.15. The van der Waals surface area contributed by atoms with Gasteiger partial charge in [-0.05, 0) is 19.3 Å². The third kappa shape index (κ3) is 19.9. The summed E-state index contributed by atoms with van der Waals surface area (Å²) >= 11 is 0. The van der Waals surface area contributed by atoms with Crippen LogP contribution in [0, 0.1) is 0 Å². The van der Waals surface area contributed by atoms with Gasteiger partial charge in [0.2, 0.25) is 0 Å². The van der Waals surface area contributed by atoms with Gasteiger partial charge in [-0.2, -0.15) is 0 Å². The van der Waals surface area contributed by atoms with Crippen molar-refractivity contribution in [2.24, 2.45) is 5.73 Å². The molecule has 0 amide bonds. The normalized spacial score (nSPS) is 12.7. The molecule has 0 spiro atoms. The molecule has 0 aromatic rings. The van der Waals surface area contributed by atoms with Gasteiger partial charge < -0.3 is 10.5 Å². The highest BCUT2D eigenvalue weighted by Crippen LogP contribution is 2.10. The summed E-state index contributed by atoms with van der Waals surface area (Å²) in [5.41, 5.74) is 6.15. The average Bonchev–Trinajstić information content (AvgIpc) is 2.56. The summed E-state index contributed by atoms with van der Waals surface area (Å²) in [6.45, 7) is 6.33. The van der Waals surface area contributed by atoms with Gasteiger partial charge in [-0.1, -0.05) is 97.3 Å². The van der Waals surface area contributed by atoms with Crippen LogP contribution in [0.3, 0.4) is 0 Å². The average molecular weight is 328 g/mol. The fourth-order valence-electron chi connectivity index (χ4n) is 3.01. The molecular weight excluding hydrogens is 282 g/mol. The number of unbranched alkanes of at least 4 members (excludes halogenated alkanes) is 12. The molecule has 0 saturated heterocycles. The van der Waals surface area contributed by atoms with E-state index >= 15 is 0 Å². The highest BCUT2D eigenvalue weighted by molar-refractivity contribution is 4.61. The molecule has 0 aliphatic rings. The molecule has 1 atom stereocenters. The lowest BCUT2D eigenvalue weighted by molar-refractivity contribution is 0.122. The van der Waals surface area contributed by atoms with Gasteiger partial charge in [-0.15, -0.1) is 0 Å². The quantitative estimate of drug-likeness (QED) is 0.271. The molecule has 0 fully saturated rings. The Morgan fingerprint density at radius 3 is 1.61 bits per heavy atom. The lowest BCUT2D eigenvalue weighted by Crippen LogP contribution is -2.22. The van der Waals surface area contributed by atoms with Gasteiger partial charge >= 0.3 is 0 Å². The van der Waals surface area contributed by atoms with Gasteiger partial charge in [-0.25, -0.2) is 0 Å². The van der Waals surface area contributed by atoms with E-state index in [4.69, 9.17) is 10.5 Å². The zero-order valence-electron chi connectivity index (χ0n) is 16.3. The van der Waals surface area contributed by atoms with Gasteiger partial charge in [0.1, 0.15) is 0 Å². The number of rotatable bonds is 19. The Bertz CT molecular complexity index is 208. The summed E-state index contributed by atoms with van der Waals surface area (Å²) in [5.74, 6) is 0. The summed E-state index contributed by atoms with van der Waals surface area (Å²) in [5, 5.41) is 0. The van der Waals surface area contributed by atoms with E-state index in [2.05, 4.69) is 13.8 Å². The molecule has 0 aliphatic heterocycles. The van der Waals surface area contributed by atoms with E-state index in [9.17, 15) is 0 Å². The molecule has 2 heteroatoms. The largest absolute Gasteiger partial charge is 0.381 e. The molecule has 0 aromatic heterocycles. The predicted octanol–water partition coefficient (Wildman–Crippen LogP) is 6.61. The summed E-state index contributed by atoms with van der Waals surface area (Å²) in [7, 11) is 0. The predicted molar refractivity (Wildman–Crippen MR) is 104 cm³/mol. The Kier molecular flexibility index (Phi) is 19.9. The molecule has 2 N–H and O–H groups in total. The molecule has 0 heterocycles. The molecular formula is C21H45NO. The van der Waals surface area contributed by atoms with Gasteiger partial charge in [0.15, 0.2) is 0 Å². The number of ether oxygens (including phenoxy) is 1. The molecule has 140 valence electrons. The Hall–Kier alpha value is -0.0800. The van der Waals surface area contributed by atoms with Crippen molar-refractivity contribution < 1.29 is 4.74 Å². The second-order valence-corrected chi connectivity index (χ2v) is 7.19. The maximum Gasteiger partial charge on any atom is 0.0480 e. The summed E-state index contributed by atoms with van der Waals surface area (Å²) in [4.78, 5) is 0. The fourth-order valence-corrected chi connectivity index (χ4v) is 3.01. The Morgan fingerprint density at radius 1 is 0.565 bits per heavy atom. The van der Waals surface area contributed by atoms with Crippen LogP contribution < -0.4 is 5.73 Å². The van der Waals surface area contributed by atoms with Crippen LogP contribution in [-0.4, -0.2) is 19.3 Å². The van der Waals surface area contributed by atoms with Crippen LogP contribution in [0.15, 0.2) is 0 Å². The fraction of sp³-hybridized carbons (Fsp3) is 1.00. The molecule has 0 saturated carbocycles. The van der Waals surface area contributed by atoms with Crippen molar-refractivity contribution in [3.63, 3.8) is 0 Å². The third-order valence-corrected chi connectivity index (χ3v) is 4.70. The van der Waals surface area contributed by atoms with Crippen LogP contribution >= 0.6 is 0 Å². The highest BCUT2D eigenvalue weighted by atomic mass is 16.5. The van der Waals surface area contributed by atoms with Gasteiger partial charge in [0, 0.05) is 19.3 Å². The van der Waals surface area contributed by atoms with Crippen molar-refractivity contribution >= 4 is 0 Å². The molecule has 0 rings (SSSR count). The van der Waals surface area contributed by atoms with Crippen molar-refractivity contribution in [2.45, 2.75) is 123 Å². The Labute approximate surface area is 146 Å². The Morgan fingerprint density at radius 2 is 1.04 bits per heavy atom. The monoisotopic (exact) mass is 327 g/mol. The van der Waals surface area contributed by atoms with E-state index in [1.165, 1.54) is 96.3 Å². The SMILES string of the molecule is CCCCCCCCCCOCCC(N)CCCCCCCC. The second kappa shape index (κ2) is 20.0. The standard InChI is InChI=1S/C21H45NO/c1-3-5-7-9-11-12-14-16-19-23-20-18-21(22)17-15-13-10-8-6-4-2/h21H,3-20,22H2,1-2H3. The molecule has 1 unspecified atom stereocenters. The first-order valence-electron chi connectivity index (χ1n) is 10.6. The van der Waals surface area contributed by atoms with Crippen LogP contribution in [0.2, 0.25) is 0 Å². The van der Waals surface area contributed by atoms with Crippen LogP contribution in [0.25, 0.3) is 0 Å². The van der Waals surface area contributed by atoms with E-state index in [0.29, 0.717) is 6.04 Å². The van der Waals surface area contributed by atoms with E-state index in [-0.39, 0.29) is 0 Å². The van der Waals surface area contributed by atoms with Gasteiger partial charge in [-0.3, -0.25) is 0 Å². The van der Waals surface area contributed by atoms with Crippen LogP contribution in [0.1, 0.15) is 117 Å². The smallest absolute Gasteiger partial charge is 0.0480 e. The van der Waals surface area contributed by atoms with Crippen LogP contribution in [-0.2, 0) is 4.74 Å². The lowest BCUT2D eigenvalue weighted by Gasteiger charge is -2.11. The van der Waals surface area contributed by atoms with Crippen molar-refractivity contribution in [1.29, 1.82) is 0 Å². The van der Waals surface area contributed by atoms with Crippen LogP contribution in [0.4, 0.5) is 0 Å². The van der Waals surface area contributed by atoms with Crippen LogP contribution in [0.5, 0.6) is 0 Å². The van der Waals surface area contributed by atoms with Gasteiger partial charge in [0.25, 0.3) is 0 Å². The van der Waals surface area contributed by atoms with Crippen molar-refractivity contribution in [3.8, 4) is 0 Å². The number of hydrogen-bond donors (Lipinski definition) is 1. The minimum atomic E-state index is 0.347. The van der Waals surface area contributed by atoms with E-state index in [0.717, 1.165) is 19.6 Å². The first-order chi connectivity index (χ1) is 11.3. The molecule has 23 heavy (non-hydrogen) atoms. The molecule has 0 radical (unpaired) electrons. The zero-order chi connectivity index (χ0) is 17.0. The molecule has 0 aliphatic carbocycles. The molecule has 0 bridgehead atoms. The van der Waals surface area contributed by atoms with E-state index < -0.39 is 0 Å². The summed E-state index contributed by atoms with van der Waals surface area (Å²) < 4.78 is 5.73. The first-order valence-corrected chi connectivity index (χ1v) is 10.6. The van der Waals surface area contributed by atoms with Gasteiger partial charge in [0.05, 0.1) is 0 Å². The molecule has 2 nitrogen and oxygen atoms in total. The minimum absolute atomic E-state index is 0.347. The summed E-state index contributed by atoms with van der Waals surface area (Å²) in [6, 6.07) is 0.347. The van der Waals surface area contributed by atoms with E-state index in [1.54, 1.807) is 0 Å². The molecule has 0 aromatic carbocycles. The van der Waals surface area contributed by atoms with Crippen molar-refractivity contribution in [2.75, 3.05) is 13.2 Å². The number of hydrogen-bond acceptors (Lipinski definition) is 2. The first kappa shape index (κ1) is 22.9. The maximum absolute atomic E-state index is 6.15.